The summed E-state index contributed by atoms with van der Waals surface area (Å²) in [4.78, 5) is 17.6. The molecule has 5 rings (SSSR count). The lowest BCUT2D eigenvalue weighted by Crippen LogP contribution is -2.31. The molecule has 0 unspecified atom stereocenters. The Hall–Kier alpha value is -2.57. The number of nitrogens with one attached hydrogen (secondary N) is 1. The van der Waals surface area contributed by atoms with E-state index in [2.05, 4.69) is 36.5 Å². The number of anilines is 1. The molecule has 3 aromatic rings. The molecule has 0 amide bonds. The summed E-state index contributed by atoms with van der Waals surface area (Å²) >= 11 is 7.87. The Bertz CT molecular complexity index is 1170. The standard InChI is InChI=1S/C23H21ClN4OS/c1-14-5-2-6-15(11-14)13-30-23-26-22-25-18-9-4-10-19(29)20(18)21(28(22)27-23)16-7-3-8-17(24)12-16/h2-3,5-8,11-12,21H,4,9-10,13H2,1H3,(H,25,26,27)/t21-/m0/s1. The van der Waals surface area contributed by atoms with Gasteiger partial charge in [-0.1, -0.05) is 65.3 Å². The van der Waals surface area contributed by atoms with E-state index in [0.29, 0.717) is 22.5 Å². The number of nitrogens with zero attached hydrogens (tertiary/aromatic N) is 3. The number of carbonyl (C=O) groups excluding carboxylic acids is 1. The molecule has 1 aliphatic heterocycles. The van der Waals surface area contributed by atoms with Crippen LogP contribution >= 0.6 is 23.4 Å². The number of fused-ring (bicyclic) bond motifs is 1. The lowest BCUT2D eigenvalue weighted by atomic mass is 9.85. The molecular formula is C23H21ClN4OS. The zero-order chi connectivity index (χ0) is 20.7. The molecule has 0 spiro atoms. The summed E-state index contributed by atoms with van der Waals surface area (Å²) in [5, 5.41) is 9.49. The van der Waals surface area contributed by atoms with Crippen molar-refractivity contribution in [2.45, 2.75) is 43.1 Å². The Morgan fingerprint density at radius 2 is 2.07 bits per heavy atom. The van der Waals surface area contributed by atoms with E-state index in [-0.39, 0.29) is 11.8 Å². The van der Waals surface area contributed by atoms with Gasteiger partial charge in [0.25, 0.3) is 0 Å². The third kappa shape index (κ3) is 3.66. The SMILES string of the molecule is Cc1cccc(CSc2nc3n(n2)[C@@H](c2cccc(Cl)c2)C2=C(CCCC2=O)N3)c1. The zero-order valence-corrected chi connectivity index (χ0v) is 18.1. The molecule has 0 bridgehead atoms. The van der Waals surface area contributed by atoms with Crippen LogP contribution in [0.25, 0.3) is 0 Å². The van der Waals surface area contributed by atoms with Gasteiger partial charge in [0.1, 0.15) is 6.04 Å². The number of aromatic nitrogens is 3. The van der Waals surface area contributed by atoms with E-state index in [1.807, 2.05) is 28.9 Å². The molecular weight excluding hydrogens is 416 g/mol. The fourth-order valence-electron chi connectivity index (χ4n) is 4.13. The van der Waals surface area contributed by atoms with Crippen molar-refractivity contribution < 1.29 is 4.79 Å². The third-order valence-corrected chi connectivity index (χ3v) is 6.61. The number of carbonyl (C=O) groups is 1. The molecule has 2 aliphatic rings. The van der Waals surface area contributed by atoms with Gasteiger partial charge in [0, 0.05) is 28.5 Å². The number of hydrogen-bond donors (Lipinski definition) is 1. The van der Waals surface area contributed by atoms with Gasteiger partial charge >= 0.3 is 0 Å². The molecule has 1 atom stereocenters. The summed E-state index contributed by atoms with van der Waals surface area (Å²) in [6, 6.07) is 15.8. The fourth-order valence-corrected chi connectivity index (χ4v) is 5.10. The van der Waals surface area contributed by atoms with E-state index in [1.165, 1.54) is 11.1 Å². The lowest BCUT2D eigenvalue weighted by molar-refractivity contribution is -0.116. The molecule has 2 heterocycles. The monoisotopic (exact) mass is 436 g/mol. The summed E-state index contributed by atoms with van der Waals surface area (Å²) < 4.78 is 1.84. The van der Waals surface area contributed by atoms with Gasteiger partial charge in [-0.25, -0.2) is 4.68 Å². The second-order valence-electron chi connectivity index (χ2n) is 7.69. The summed E-state index contributed by atoms with van der Waals surface area (Å²) in [7, 11) is 0. The molecule has 152 valence electrons. The topological polar surface area (TPSA) is 59.8 Å². The normalized spacial score (nSPS) is 18.1. The summed E-state index contributed by atoms with van der Waals surface area (Å²) in [6.45, 7) is 2.09. The van der Waals surface area contributed by atoms with Crippen LogP contribution in [0.15, 0.2) is 65.0 Å². The van der Waals surface area contributed by atoms with Crippen LogP contribution in [0.2, 0.25) is 5.02 Å². The van der Waals surface area contributed by atoms with Crippen LogP contribution in [0.4, 0.5) is 5.95 Å². The van der Waals surface area contributed by atoms with Crippen LogP contribution in [0.3, 0.4) is 0 Å². The maximum atomic E-state index is 12.9. The molecule has 0 saturated carbocycles. The van der Waals surface area contributed by atoms with Crippen LogP contribution in [0, 0.1) is 6.92 Å². The van der Waals surface area contributed by atoms with E-state index >= 15 is 0 Å². The lowest BCUT2D eigenvalue weighted by Gasteiger charge is -2.32. The first-order valence-electron chi connectivity index (χ1n) is 10.0. The largest absolute Gasteiger partial charge is 0.328 e. The summed E-state index contributed by atoms with van der Waals surface area (Å²) in [6.07, 6.45) is 2.27. The van der Waals surface area contributed by atoms with Crippen molar-refractivity contribution in [1.82, 2.24) is 14.8 Å². The van der Waals surface area contributed by atoms with Crippen molar-refractivity contribution in [1.29, 1.82) is 0 Å². The Balaban J connectivity index is 1.51. The van der Waals surface area contributed by atoms with Crippen LogP contribution in [0.5, 0.6) is 0 Å². The Kier molecular flexibility index (Phi) is 5.13. The highest BCUT2D eigenvalue weighted by Gasteiger charge is 2.36. The average molecular weight is 437 g/mol. The predicted molar refractivity (Wildman–Crippen MR) is 120 cm³/mol. The van der Waals surface area contributed by atoms with Crippen LogP contribution in [0.1, 0.15) is 42.0 Å². The van der Waals surface area contributed by atoms with Crippen molar-refractivity contribution in [2.24, 2.45) is 0 Å². The smallest absolute Gasteiger partial charge is 0.227 e. The van der Waals surface area contributed by atoms with Crippen molar-refractivity contribution in [3.8, 4) is 0 Å². The second kappa shape index (κ2) is 7.93. The van der Waals surface area contributed by atoms with E-state index in [1.54, 1.807) is 11.8 Å². The number of ketones is 1. The maximum absolute atomic E-state index is 12.9. The molecule has 0 fully saturated rings. The van der Waals surface area contributed by atoms with Crippen LogP contribution < -0.4 is 5.32 Å². The molecule has 1 aliphatic carbocycles. The summed E-state index contributed by atoms with van der Waals surface area (Å²) in [5.41, 5.74) is 5.18. The first kappa shape index (κ1) is 19.4. The van der Waals surface area contributed by atoms with Gasteiger partial charge < -0.3 is 5.32 Å². The summed E-state index contributed by atoms with van der Waals surface area (Å²) in [5.74, 6) is 1.64. The number of benzene rings is 2. The zero-order valence-electron chi connectivity index (χ0n) is 16.6. The molecule has 1 aromatic heterocycles. The van der Waals surface area contributed by atoms with E-state index < -0.39 is 0 Å². The minimum Gasteiger partial charge on any atom is -0.328 e. The predicted octanol–water partition coefficient (Wildman–Crippen LogP) is 5.55. The minimum absolute atomic E-state index is 0.170. The van der Waals surface area contributed by atoms with E-state index in [0.717, 1.165) is 35.4 Å². The average Bonchev–Trinajstić information content (AvgIpc) is 3.13. The van der Waals surface area contributed by atoms with Gasteiger partial charge in [0.05, 0.1) is 0 Å². The van der Waals surface area contributed by atoms with Gasteiger partial charge in [-0.3, -0.25) is 4.79 Å². The second-order valence-corrected chi connectivity index (χ2v) is 9.07. The van der Waals surface area contributed by atoms with Gasteiger partial charge in [0.15, 0.2) is 5.78 Å². The van der Waals surface area contributed by atoms with Gasteiger partial charge in [-0.2, -0.15) is 4.98 Å². The van der Waals surface area contributed by atoms with Crippen molar-refractivity contribution >= 4 is 35.1 Å². The molecule has 7 heteroatoms. The van der Waals surface area contributed by atoms with E-state index in [9.17, 15) is 4.79 Å². The maximum Gasteiger partial charge on any atom is 0.227 e. The molecule has 30 heavy (non-hydrogen) atoms. The van der Waals surface area contributed by atoms with Crippen LogP contribution in [-0.2, 0) is 10.5 Å². The van der Waals surface area contributed by atoms with E-state index in [4.69, 9.17) is 21.7 Å². The third-order valence-electron chi connectivity index (χ3n) is 5.46. The van der Waals surface area contributed by atoms with Gasteiger partial charge in [0.2, 0.25) is 11.1 Å². The number of thioether (sulfide) groups is 1. The van der Waals surface area contributed by atoms with Gasteiger partial charge in [-0.15, -0.1) is 5.10 Å². The van der Waals surface area contributed by atoms with Crippen molar-refractivity contribution in [3.05, 3.63) is 81.5 Å². The molecule has 5 nitrogen and oxygen atoms in total. The Labute approximate surface area is 184 Å². The molecule has 0 saturated heterocycles. The number of aryl methyl sites for hydroxylation is 1. The highest BCUT2D eigenvalue weighted by Crippen LogP contribution is 2.41. The molecule has 0 radical (unpaired) electrons. The Morgan fingerprint density at radius 1 is 1.20 bits per heavy atom. The highest BCUT2D eigenvalue weighted by atomic mass is 35.5. The molecule has 1 N–H and O–H groups in total. The minimum atomic E-state index is -0.302. The number of rotatable bonds is 4. The quantitative estimate of drug-likeness (QED) is 0.543. The number of hydrogen-bond acceptors (Lipinski definition) is 5. The van der Waals surface area contributed by atoms with Crippen LogP contribution in [-0.4, -0.2) is 20.5 Å². The number of Topliss-reactive ketones (excluding diaryl/α,β-unsaturated/α-hetero) is 1. The number of allylic oxidation sites excluding steroid dienone is 2. The van der Waals surface area contributed by atoms with Crippen molar-refractivity contribution in [3.63, 3.8) is 0 Å². The molecule has 2 aromatic carbocycles. The van der Waals surface area contributed by atoms with Crippen molar-refractivity contribution in [2.75, 3.05) is 5.32 Å². The fraction of sp³-hybridized carbons (Fsp3) is 0.261. The first-order chi connectivity index (χ1) is 14.6. The van der Waals surface area contributed by atoms with Gasteiger partial charge in [-0.05, 0) is 43.0 Å². The highest BCUT2D eigenvalue weighted by molar-refractivity contribution is 7.98. The first-order valence-corrected chi connectivity index (χ1v) is 11.4. The number of halogens is 1. The Morgan fingerprint density at radius 3 is 2.90 bits per heavy atom.